The Morgan fingerprint density at radius 3 is 2.61 bits per heavy atom. The topological polar surface area (TPSA) is 64.6 Å². The van der Waals surface area contributed by atoms with Gasteiger partial charge in [0, 0.05) is 25.6 Å². The molecule has 3 fully saturated rings. The number of hydrogen-bond acceptors (Lipinski definition) is 5. The predicted octanol–water partition coefficient (Wildman–Crippen LogP) is -0.0413. The van der Waals surface area contributed by atoms with E-state index < -0.39 is 9.84 Å². The first-order valence-electron chi connectivity index (χ1n) is 6.77. The molecular weight excluding hydrogens is 254 g/mol. The minimum absolute atomic E-state index is 0.204. The average molecular weight is 275 g/mol. The van der Waals surface area contributed by atoms with Crippen LogP contribution in [0.1, 0.15) is 19.3 Å². The van der Waals surface area contributed by atoms with Gasteiger partial charge in [0.05, 0.1) is 24.7 Å². The van der Waals surface area contributed by atoms with Crippen LogP contribution in [-0.4, -0.2) is 57.9 Å². The summed E-state index contributed by atoms with van der Waals surface area (Å²) in [5.41, 5.74) is -0.204. The number of morpholine rings is 1. The van der Waals surface area contributed by atoms with Gasteiger partial charge in [0.1, 0.15) is 15.4 Å². The van der Waals surface area contributed by atoms with Crippen LogP contribution in [0.4, 0.5) is 0 Å². The molecule has 0 aromatic rings. The normalized spacial score (nSPS) is 41.2. The molecule has 18 heavy (non-hydrogen) atoms. The third kappa shape index (κ3) is 2.31. The van der Waals surface area contributed by atoms with Crippen molar-refractivity contribution >= 4 is 9.84 Å². The number of ether oxygens (including phenoxy) is 2. The molecule has 104 valence electrons. The third-order valence-corrected chi connectivity index (χ3v) is 6.22. The summed E-state index contributed by atoms with van der Waals surface area (Å²) in [5, 5.41) is 3.55. The molecule has 0 aromatic carbocycles. The van der Waals surface area contributed by atoms with Gasteiger partial charge in [0.25, 0.3) is 0 Å². The molecule has 0 radical (unpaired) electrons. The van der Waals surface area contributed by atoms with E-state index in [1.165, 1.54) is 0 Å². The van der Waals surface area contributed by atoms with Gasteiger partial charge in [-0.1, -0.05) is 0 Å². The SMILES string of the molecule is O=S1(=O)CCC(C2NCCOC23CCOC3)CC1. The first kappa shape index (κ1) is 12.8. The Balaban J connectivity index is 1.73. The van der Waals surface area contributed by atoms with Gasteiger partial charge in [-0.05, 0) is 18.8 Å². The van der Waals surface area contributed by atoms with Crippen LogP contribution >= 0.6 is 0 Å². The van der Waals surface area contributed by atoms with Crippen LogP contribution in [0.2, 0.25) is 0 Å². The summed E-state index contributed by atoms with van der Waals surface area (Å²) in [5.74, 6) is 1.05. The minimum atomic E-state index is -2.79. The molecule has 0 amide bonds. The van der Waals surface area contributed by atoms with E-state index in [2.05, 4.69) is 5.32 Å². The van der Waals surface area contributed by atoms with Crippen molar-refractivity contribution in [3.8, 4) is 0 Å². The van der Waals surface area contributed by atoms with Crippen molar-refractivity contribution in [1.82, 2.24) is 5.32 Å². The molecule has 3 heterocycles. The lowest BCUT2D eigenvalue weighted by Gasteiger charge is -2.45. The van der Waals surface area contributed by atoms with Crippen molar-refractivity contribution in [2.75, 3.05) is 37.9 Å². The molecule has 1 N–H and O–H groups in total. The van der Waals surface area contributed by atoms with Gasteiger partial charge in [-0.3, -0.25) is 0 Å². The second-order valence-corrected chi connectivity index (χ2v) is 7.94. The van der Waals surface area contributed by atoms with Gasteiger partial charge in [0.2, 0.25) is 0 Å². The molecular formula is C12H21NO4S. The molecule has 0 aromatic heterocycles. The number of rotatable bonds is 1. The molecule has 3 saturated heterocycles. The third-order valence-electron chi connectivity index (χ3n) is 4.51. The molecule has 3 aliphatic heterocycles. The Bertz CT molecular complexity index is 388. The summed E-state index contributed by atoms with van der Waals surface area (Å²) in [6.45, 7) is 2.98. The Morgan fingerprint density at radius 1 is 1.17 bits per heavy atom. The monoisotopic (exact) mass is 275 g/mol. The summed E-state index contributed by atoms with van der Waals surface area (Å²) < 4.78 is 34.6. The van der Waals surface area contributed by atoms with E-state index in [0.717, 1.165) is 39.0 Å². The fraction of sp³-hybridized carbons (Fsp3) is 1.00. The summed E-state index contributed by atoms with van der Waals surface area (Å²) in [4.78, 5) is 0. The standard InChI is InChI=1S/C12H21NO4S/c14-18(15)7-1-10(2-8-18)11-12(3-5-16-9-12)17-6-4-13-11/h10-11,13H,1-9H2. The predicted molar refractivity (Wildman–Crippen MR) is 67.3 cm³/mol. The van der Waals surface area contributed by atoms with Crippen LogP contribution in [0.3, 0.4) is 0 Å². The molecule has 1 spiro atoms. The molecule has 5 nitrogen and oxygen atoms in total. The molecule has 0 saturated carbocycles. The average Bonchev–Trinajstić information content (AvgIpc) is 2.80. The highest BCUT2D eigenvalue weighted by Crippen LogP contribution is 2.36. The van der Waals surface area contributed by atoms with Gasteiger partial charge in [-0.25, -0.2) is 8.42 Å². The van der Waals surface area contributed by atoms with E-state index >= 15 is 0 Å². The summed E-state index contributed by atoms with van der Waals surface area (Å²) in [6.07, 6.45) is 2.43. The maximum Gasteiger partial charge on any atom is 0.150 e. The maximum atomic E-state index is 11.5. The van der Waals surface area contributed by atoms with E-state index in [1.807, 2.05) is 0 Å². The van der Waals surface area contributed by atoms with E-state index in [4.69, 9.17) is 9.47 Å². The number of nitrogens with one attached hydrogen (secondary N) is 1. The van der Waals surface area contributed by atoms with Gasteiger partial charge in [0.15, 0.2) is 0 Å². The molecule has 0 aliphatic carbocycles. The molecule has 3 rings (SSSR count). The first-order chi connectivity index (χ1) is 8.61. The molecule has 2 atom stereocenters. The molecule has 0 bridgehead atoms. The van der Waals surface area contributed by atoms with Crippen LogP contribution in [0.15, 0.2) is 0 Å². The Kier molecular flexibility index (Phi) is 3.38. The van der Waals surface area contributed by atoms with Crippen molar-refractivity contribution in [1.29, 1.82) is 0 Å². The van der Waals surface area contributed by atoms with E-state index in [0.29, 0.717) is 24.0 Å². The fourth-order valence-electron chi connectivity index (χ4n) is 3.50. The van der Waals surface area contributed by atoms with Crippen LogP contribution in [0.5, 0.6) is 0 Å². The van der Waals surface area contributed by atoms with Gasteiger partial charge < -0.3 is 14.8 Å². The second-order valence-electron chi connectivity index (χ2n) is 5.64. The van der Waals surface area contributed by atoms with Crippen LogP contribution in [0, 0.1) is 5.92 Å². The Hall–Kier alpha value is -0.170. The number of sulfone groups is 1. The highest BCUT2D eigenvalue weighted by Gasteiger charge is 2.49. The van der Waals surface area contributed by atoms with Crippen LogP contribution in [0.25, 0.3) is 0 Å². The summed E-state index contributed by atoms with van der Waals surface area (Å²) in [7, 11) is -2.79. The minimum Gasteiger partial charge on any atom is -0.378 e. The molecule has 2 unspecified atom stereocenters. The number of hydrogen-bond donors (Lipinski definition) is 1. The first-order valence-corrected chi connectivity index (χ1v) is 8.59. The lowest BCUT2D eigenvalue weighted by atomic mass is 9.79. The zero-order chi connectivity index (χ0) is 12.6. The van der Waals surface area contributed by atoms with Crippen LogP contribution < -0.4 is 5.32 Å². The van der Waals surface area contributed by atoms with Crippen molar-refractivity contribution in [2.45, 2.75) is 30.9 Å². The highest BCUT2D eigenvalue weighted by molar-refractivity contribution is 7.91. The second kappa shape index (κ2) is 4.74. The Labute approximate surface area is 108 Å². The Morgan fingerprint density at radius 2 is 1.94 bits per heavy atom. The van der Waals surface area contributed by atoms with Crippen molar-refractivity contribution in [2.24, 2.45) is 5.92 Å². The zero-order valence-corrected chi connectivity index (χ0v) is 11.4. The summed E-state index contributed by atoms with van der Waals surface area (Å²) >= 11 is 0. The van der Waals surface area contributed by atoms with E-state index in [1.54, 1.807) is 0 Å². The lowest BCUT2D eigenvalue weighted by Crippen LogP contribution is -2.62. The summed E-state index contributed by atoms with van der Waals surface area (Å²) in [6, 6.07) is 0.254. The molecule has 3 aliphatic rings. The van der Waals surface area contributed by atoms with Crippen molar-refractivity contribution in [3.05, 3.63) is 0 Å². The highest BCUT2D eigenvalue weighted by atomic mass is 32.2. The van der Waals surface area contributed by atoms with E-state index in [9.17, 15) is 8.42 Å². The van der Waals surface area contributed by atoms with Gasteiger partial charge in [-0.2, -0.15) is 0 Å². The smallest absolute Gasteiger partial charge is 0.150 e. The largest absolute Gasteiger partial charge is 0.378 e. The van der Waals surface area contributed by atoms with Gasteiger partial charge >= 0.3 is 0 Å². The van der Waals surface area contributed by atoms with Gasteiger partial charge in [-0.15, -0.1) is 0 Å². The van der Waals surface area contributed by atoms with Crippen LogP contribution in [-0.2, 0) is 19.3 Å². The maximum absolute atomic E-state index is 11.5. The van der Waals surface area contributed by atoms with Crippen molar-refractivity contribution < 1.29 is 17.9 Å². The van der Waals surface area contributed by atoms with E-state index in [-0.39, 0.29) is 11.6 Å². The quantitative estimate of drug-likeness (QED) is 0.727. The zero-order valence-electron chi connectivity index (χ0n) is 10.6. The van der Waals surface area contributed by atoms with Crippen molar-refractivity contribution in [3.63, 3.8) is 0 Å². The fourth-order valence-corrected chi connectivity index (χ4v) is 5.03. The lowest BCUT2D eigenvalue weighted by molar-refractivity contribution is -0.111. The molecule has 6 heteroatoms.